The summed E-state index contributed by atoms with van der Waals surface area (Å²) >= 11 is 3.17. The van der Waals surface area contributed by atoms with Gasteiger partial charge in [0.05, 0.1) is 16.0 Å². The lowest BCUT2D eigenvalue weighted by molar-refractivity contribution is -0.118. The highest BCUT2D eigenvalue weighted by Gasteiger charge is 2.13. The Morgan fingerprint density at radius 1 is 1.45 bits per heavy atom. The highest BCUT2D eigenvalue weighted by Crippen LogP contribution is 2.29. The second-order valence-electron chi connectivity index (χ2n) is 5.59. The third-order valence-electron chi connectivity index (χ3n) is 3.87. The molecule has 22 heavy (non-hydrogen) atoms. The Kier molecular flexibility index (Phi) is 5.70. The van der Waals surface area contributed by atoms with Gasteiger partial charge in [-0.2, -0.15) is 0 Å². The summed E-state index contributed by atoms with van der Waals surface area (Å²) in [5.41, 5.74) is 1.01. The number of nitrogens with one attached hydrogen (secondary N) is 2. The van der Waals surface area contributed by atoms with Crippen molar-refractivity contribution in [3.8, 4) is 0 Å². The topological polar surface area (TPSA) is 54.0 Å². The van der Waals surface area contributed by atoms with Gasteiger partial charge in [0.15, 0.2) is 4.34 Å². The Bertz CT molecular complexity index is 590. The Morgan fingerprint density at radius 2 is 2.36 bits per heavy atom. The van der Waals surface area contributed by atoms with E-state index in [1.54, 1.807) is 11.3 Å². The third-order valence-corrected chi connectivity index (χ3v) is 6.05. The lowest BCUT2D eigenvalue weighted by Crippen LogP contribution is -2.33. The molecular weight excluding hydrogens is 314 g/mol. The lowest BCUT2D eigenvalue weighted by atomic mass is 9.96. The number of nitrogens with zero attached hydrogens (tertiary/aromatic N) is 1. The number of hydrogen-bond donors (Lipinski definition) is 2. The van der Waals surface area contributed by atoms with Crippen LogP contribution in [0.5, 0.6) is 0 Å². The Hall–Kier alpha value is -1.11. The molecule has 2 N–H and O–H groups in total. The normalized spacial score (nSPS) is 18.5. The van der Waals surface area contributed by atoms with Gasteiger partial charge >= 0.3 is 0 Å². The second-order valence-corrected chi connectivity index (χ2v) is 7.84. The van der Waals surface area contributed by atoms with Crippen molar-refractivity contribution in [3.05, 3.63) is 24.3 Å². The number of hydrogen-bond acceptors (Lipinski definition) is 5. The van der Waals surface area contributed by atoms with E-state index in [1.165, 1.54) is 29.3 Å². The van der Waals surface area contributed by atoms with Gasteiger partial charge in [0.2, 0.25) is 5.91 Å². The molecule has 1 aliphatic rings. The highest BCUT2D eigenvalue weighted by atomic mass is 32.2. The molecule has 0 radical (unpaired) electrons. The second kappa shape index (κ2) is 7.94. The van der Waals surface area contributed by atoms with Crippen molar-refractivity contribution >= 4 is 39.2 Å². The summed E-state index contributed by atoms with van der Waals surface area (Å²) < 4.78 is 2.14. The fourth-order valence-electron chi connectivity index (χ4n) is 2.68. The van der Waals surface area contributed by atoms with Crippen molar-refractivity contribution in [3.63, 3.8) is 0 Å². The van der Waals surface area contributed by atoms with E-state index in [2.05, 4.69) is 21.7 Å². The molecule has 0 saturated carbocycles. The zero-order valence-corrected chi connectivity index (χ0v) is 14.1. The van der Waals surface area contributed by atoms with Crippen LogP contribution in [0.15, 0.2) is 28.6 Å². The fourth-order valence-corrected chi connectivity index (χ4v) is 4.58. The number of carbonyl (C=O) groups is 1. The first-order valence-corrected chi connectivity index (χ1v) is 9.57. The molecule has 1 amide bonds. The number of amides is 1. The van der Waals surface area contributed by atoms with Gasteiger partial charge in [0.1, 0.15) is 0 Å². The SMILES string of the molecule is O=C(CSc1nc2ccccc2s1)NCCC1CCCNC1. The summed E-state index contributed by atoms with van der Waals surface area (Å²) in [7, 11) is 0. The maximum Gasteiger partial charge on any atom is 0.230 e. The fraction of sp³-hybridized carbons (Fsp3) is 0.500. The summed E-state index contributed by atoms with van der Waals surface area (Å²) in [4.78, 5) is 16.4. The number of para-hydroxylation sites is 1. The monoisotopic (exact) mass is 335 g/mol. The Morgan fingerprint density at radius 3 is 3.18 bits per heavy atom. The standard InChI is InChI=1S/C16H21N3OS2/c20-15(18-9-7-12-4-3-8-17-10-12)11-21-16-19-13-5-1-2-6-14(13)22-16/h1-2,5-6,12,17H,3-4,7-11H2,(H,18,20). The maximum atomic E-state index is 11.9. The minimum absolute atomic E-state index is 0.105. The van der Waals surface area contributed by atoms with Crippen molar-refractivity contribution in [1.29, 1.82) is 0 Å². The molecule has 4 nitrogen and oxygen atoms in total. The van der Waals surface area contributed by atoms with Gasteiger partial charge < -0.3 is 10.6 Å². The third kappa shape index (κ3) is 4.44. The molecule has 1 fully saturated rings. The van der Waals surface area contributed by atoms with Crippen molar-refractivity contribution < 1.29 is 4.79 Å². The molecule has 118 valence electrons. The quantitative estimate of drug-likeness (QED) is 0.797. The molecule has 1 aromatic carbocycles. The number of fused-ring (bicyclic) bond motifs is 1. The Labute approximate surface area is 139 Å². The molecule has 0 spiro atoms. The molecule has 1 saturated heterocycles. The maximum absolute atomic E-state index is 11.9. The van der Waals surface area contributed by atoms with Gasteiger partial charge in [-0.05, 0) is 50.4 Å². The van der Waals surface area contributed by atoms with Crippen LogP contribution in [-0.4, -0.2) is 36.3 Å². The summed E-state index contributed by atoms with van der Waals surface area (Å²) in [6.07, 6.45) is 3.61. The molecule has 0 bridgehead atoms. The first kappa shape index (κ1) is 15.8. The van der Waals surface area contributed by atoms with Gasteiger partial charge in [0.25, 0.3) is 0 Å². The number of aromatic nitrogens is 1. The summed E-state index contributed by atoms with van der Waals surface area (Å²) in [5, 5.41) is 6.43. The molecule has 2 heterocycles. The molecular formula is C16H21N3OS2. The lowest BCUT2D eigenvalue weighted by Gasteiger charge is -2.22. The number of thioether (sulfide) groups is 1. The summed E-state index contributed by atoms with van der Waals surface area (Å²) in [5.74, 6) is 1.27. The predicted molar refractivity (Wildman–Crippen MR) is 93.6 cm³/mol. The van der Waals surface area contributed by atoms with Gasteiger partial charge in [-0.25, -0.2) is 4.98 Å². The number of piperidine rings is 1. The van der Waals surface area contributed by atoms with Crippen molar-refractivity contribution in [2.24, 2.45) is 5.92 Å². The first-order valence-electron chi connectivity index (χ1n) is 7.77. The van der Waals surface area contributed by atoms with Crippen LogP contribution in [0.25, 0.3) is 10.2 Å². The van der Waals surface area contributed by atoms with Crippen LogP contribution in [0.3, 0.4) is 0 Å². The Balaban J connectivity index is 1.38. The van der Waals surface area contributed by atoms with Crippen molar-refractivity contribution in [2.75, 3.05) is 25.4 Å². The zero-order chi connectivity index (χ0) is 15.2. The van der Waals surface area contributed by atoms with Gasteiger partial charge in [-0.1, -0.05) is 23.9 Å². The average Bonchev–Trinajstić information content (AvgIpc) is 2.97. The van der Waals surface area contributed by atoms with E-state index < -0.39 is 0 Å². The van der Waals surface area contributed by atoms with Crippen LogP contribution in [0.1, 0.15) is 19.3 Å². The van der Waals surface area contributed by atoms with Crippen LogP contribution in [0.2, 0.25) is 0 Å². The van der Waals surface area contributed by atoms with Crippen LogP contribution in [0, 0.1) is 5.92 Å². The smallest absolute Gasteiger partial charge is 0.230 e. The van der Waals surface area contributed by atoms with E-state index in [1.807, 2.05) is 18.2 Å². The molecule has 2 aromatic rings. The van der Waals surface area contributed by atoms with Crippen molar-refractivity contribution in [2.45, 2.75) is 23.6 Å². The van der Waals surface area contributed by atoms with E-state index >= 15 is 0 Å². The van der Waals surface area contributed by atoms with Crippen LogP contribution >= 0.6 is 23.1 Å². The van der Waals surface area contributed by atoms with Crippen LogP contribution in [-0.2, 0) is 4.79 Å². The van der Waals surface area contributed by atoms with E-state index in [0.29, 0.717) is 11.7 Å². The van der Waals surface area contributed by atoms with Crippen molar-refractivity contribution in [1.82, 2.24) is 15.6 Å². The van der Waals surface area contributed by atoms with E-state index in [9.17, 15) is 4.79 Å². The highest BCUT2D eigenvalue weighted by molar-refractivity contribution is 8.01. The minimum atomic E-state index is 0.105. The molecule has 1 unspecified atom stereocenters. The number of rotatable bonds is 6. The molecule has 1 aromatic heterocycles. The van der Waals surface area contributed by atoms with E-state index in [4.69, 9.17) is 0 Å². The van der Waals surface area contributed by atoms with E-state index in [-0.39, 0.29) is 5.91 Å². The van der Waals surface area contributed by atoms with Gasteiger partial charge in [0, 0.05) is 6.54 Å². The number of benzene rings is 1. The minimum Gasteiger partial charge on any atom is -0.355 e. The van der Waals surface area contributed by atoms with E-state index in [0.717, 1.165) is 35.9 Å². The molecule has 1 atom stereocenters. The van der Waals surface area contributed by atoms with Crippen LogP contribution < -0.4 is 10.6 Å². The average molecular weight is 335 g/mol. The summed E-state index contributed by atoms with van der Waals surface area (Å²) in [6, 6.07) is 8.08. The molecule has 3 rings (SSSR count). The largest absolute Gasteiger partial charge is 0.355 e. The first-order chi connectivity index (χ1) is 10.8. The van der Waals surface area contributed by atoms with Gasteiger partial charge in [-0.3, -0.25) is 4.79 Å². The zero-order valence-electron chi connectivity index (χ0n) is 12.5. The molecule has 0 aliphatic carbocycles. The number of thiazole rings is 1. The van der Waals surface area contributed by atoms with Gasteiger partial charge in [-0.15, -0.1) is 11.3 Å². The number of carbonyl (C=O) groups excluding carboxylic acids is 1. The van der Waals surface area contributed by atoms with Crippen LogP contribution in [0.4, 0.5) is 0 Å². The predicted octanol–water partition coefficient (Wildman–Crippen LogP) is 2.89. The molecule has 1 aliphatic heterocycles. The molecule has 6 heteroatoms. The summed E-state index contributed by atoms with van der Waals surface area (Å²) in [6.45, 7) is 3.02.